The van der Waals surface area contributed by atoms with Gasteiger partial charge in [0.15, 0.2) is 0 Å². The molecule has 0 aliphatic heterocycles. The summed E-state index contributed by atoms with van der Waals surface area (Å²) in [5, 5.41) is 11.4. The normalized spacial score (nSPS) is 11.0. The number of carboxylic acids is 1. The van der Waals surface area contributed by atoms with Gasteiger partial charge in [0, 0.05) is 24.7 Å². The summed E-state index contributed by atoms with van der Waals surface area (Å²) in [5.41, 5.74) is -0.0815. The molecule has 0 atom stereocenters. The summed E-state index contributed by atoms with van der Waals surface area (Å²) in [6, 6.07) is 5.17. The van der Waals surface area contributed by atoms with Gasteiger partial charge in [0.05, 0.1) is 0 Å². The fourth-order valence-corrected chi connectivity index (χ4v) is 1.64. The van der Waals surface area contributed by atoms with Crippen molar-refractivity contribution < 1.29 is 19.1 Å². The number of nitrogens with one attached hydrogen (secondary N) is 1. The maximum Gasteiger partial charge on any atom is 0.322 e. The largest absolute Gasteiger partial charge is 0.481 e. The Balaban J connectivity index is 2.65. The first-order chi connectivity index (χ1) is 9.21. The minimum absolute atomic E-state index is 0.0203. The number of aliphatic carboxylic acids is 1. The molecule has 0 saturated heterocycles. The molecule has 0 aliphatic carbocycles. The fraction of sp³-hybridized carbons (Fsp3) is 0.429. The Morgan fingerprint density at radius 3 is 2.35 bits per heavy atom. The van der Waals surface area contributed by atoms with Gasteiger partial charge in [-0.3, -0.25) is 9.69 Å². The smallest absolute Gasteiger partial charge is 0.322 e. The lowest BCUT2D eigenvalue weighted by Crippen LogP contribution is -2.49. The van der Waals surface area contributed by atoms with E-state index in [1.807, 2.05) is 0 Å². The second-order valence-electron chi connectivity index (χ2n) is 5.24. The van der Waals surface area contributed by atoms with Crippen LogP contribution in [0.2, 0.25) is 0 Å². The van der Waals surface area contributed by atoms with Gasteiger partial charge in [-0.25, -0.2) is 9.18 Å². The second-order valence-corrected chi connectivity index (χ2v) is 5.24. The van der Waals surface area contributed by atoms with E-state index in [0.717, 1.165) is 0 Å². The van der Waals surface area contributed by atoms with E-state index >= 15 is 0 Å². The third-order valence-electron chi connectivity index (χ3n) is 2.93. The number of hydrogen-bond donors (Lipinski definition) is 2. The van der Waals surface area contributed by atoms with Gasteiger partial charge in [-0.1, -0.05) is 0 Å². The number of nitrogens with zero attached hydrogens (tertiary/aromatic N) is 1. The minimum Gasteiger partial charge on any atom is -0.481 e. The van der Waals surface area contributed by atoms with E-state index in [-0.39, 0.29) is 18.3 Å². The fourth-order valence-electron chi connectivity index (χ4n) is 1.64. The van der Waals surface area contributed by atoms with Gasteiger partial charge in [0.1, 0.15) is 5.82 Å². The molecule has 0 heterocycles. The summed E-state index contributed by atoms with van der Waals surface area (Å²) >= 11 is 0. The maximum atomic E-state index is 12.8. The Hall–Kier alpha value is -2.11. The first kappa shape index (κ1) is 15.9. The van der Waals surface area contributed by atoms with Crippen molar-refractivity contribution in [1.29, 1.82) is 0 Å². The summed E-state index contributed by atoms with van der Waals surface area (Å²) in [5.74, 6) is -1.27. The Bertz CT molecular complexity index is 486. The van der Waals surface area contributed by atoms with Crippen LogP contribution in [0.1, 0.15) is 26.7 Å². The number of benzene rings is 1. The molecule has 0 unspecified atom stereocenters. The van der Waals surface area contributed by atoms with Crippen LogP contribution in [0.3, 0.4) is 0 Å². The average Bonchev–Trinajstić information content (AvgIpc) is 2.36. The highest BCUT2D eigenvalue weighted by Gasteiger charge is 2.23. The van der Waals surface area contributed by atoms with E-state index < -0.39 is 11.5 Å². The van der Waals surface area contributed by atoms with Crippen molar-refractivity contribution in [3.8, 4) is 0 Å². The zero-order valence-electron chi connectivity index (χ0n) is 11.8. The minimum atomic E-state index is -0.904. The summed E-state index contributed by atoms with van der Waals surface area (Å²) in [7, 11) is 1.57. The van der Waals surface area contributed by atoms with Gasteiger partial charge < -0.3 is 10.4 Å². The lowest BCUT2D eigenvalue weighted by Gasteiger charge is -2.29. The van der Waals surface area contributed by atoms with E-state index in [2.05, 4.69) is 5.32 Å². The number of hydrogen-bond acceptors (Lipinski definition) is 2. The highest BCUT2D eigenvalue weighted by Crippen LogP contribution is 2.16. The standard InChI is InChI=1S/C14H19FN2O3/c1-14(2,9-8-12(18)19)16-13(20)17(3)11-6-4-10(15)5-7-11/h4-7H,8-9H2,1-3H3,(H,16,20)(H,18,19). The monoisotopic (exact) mass is 282 g/mol. The number of anilines is 1. The SMILES string of the molecule is CN(C(=O)NC(C)(C)CCC(=O)O)c1ccc(F)cc1. The van der Waals surface area contributed by atoms with Gasteiger partial charge >= 0.3 is 12.0 Å². The van der Waals surface area contributed by atoms with Crippen molar-refractivity contribution in [2.45, 2.75) is 32.2 Å². The van der Waals surface area contributed by atoms with Crippen LogP contribution in [-0.4, -0.2) is 29.7 Å². The molecular formula is C14H19FN2O3. The Morgan fingerprint density at radius 2 is 1.85 bits per heavy atom. The van der Waals surface area contributed by atoms with E-state index in [1.54, 1.807) is 20.9 Å². The van der Waals surface area contributed by atoms with Crippen molar-refractivity contribution in [1.82, 2.24) is 5.32 Å². The molecule has 0 radical (unpaired) electrons. The number of amides is 2. The number of carbonyl (C=O) groups is 2. The number of urea groups is 1. The van der Waals surface area contributed by atoms with E-state index in [4.69, 9.17) is 5.11 Å². The van der Waals surface area contributed by atoms with Crippen LogP contribution in [0, 0.1) is 5.82 Å². The van der Waals surface area contributed by atoms with Crippen LogP contribution in [0.25, 0.3) is 0 Å². The van der Waals surface area contributed by atoms with Crippen molar-refractivity contribution in [3.05, 3.63) is 30.1 Å². The molecule has 0 aliphatic rings. The molecule has 1 aromatic rings. The maximum absolute atomic E-state index is 12.8. The van der Waals surface area contributed by atoms with Gasteiger partial charge in [-0.05, 0) is 44.5 Å². The molecule has 0 spiro atoms. The van der Waals surface area contributed by atoms with Crippen LogP contribution in [-0.2, 0) is 4.79 Å². The van der Waals surface area contributed by atoms with Gasteiger partial charge in [0.25, 0.3) is 0 Å². The third kappa shape index (κ3) is 4.87. The summed E-state index contributed by atoms with van der Waals surface area (Å²) in [6.07, 6.45) is 0.304. The predicted molar refractivity (Wildman–Crippen MR) is 74.3 cm³/mol. The van der Waals surface area contributed by atoms with E-state index in [1.165, 1.54) is 29.2 Å². The van der Waals surface area contributed by atoms with Crippen LogP contribution >= 0.6 is 0 Å². The molecule has 0 bridgehead atoms. The van der Waals surface area contributed by atoms with Gasteiger partial charge in [-0.2, -0.15) is 0 Å². The number of carbonyl (C=O) groups excluding carboxylic acids is 1. The lowest BCUT2D eigenvalue weighted by molar-refractivity contribution is -0.137. The van der Waals surface area contributed by atoms with Crippen molar-refractivity contribution in [2.75, 3.05) is 11.9 Å². The topological polar surface area (TPSA) is 69.6 Å². The molecule has 6 heteroatoms. The molecule has 2 N–H and O–H groups in total. The lowest BCUT2D eigenvalue weighted by atomic mass is 9.99. The molecule has 0 fully saturated rings. The second kappa shape index (κ2) is 6.36. The van der Waals surface area contributed by atoms with Crippen molar-refractivity contribution in [3.63, 3.8) is 0 Å². The summed E-state index contributed by atoms with van der Waals surface area (Å²) < 4.78 is 12.8. The van der Waals surface area contributed by atoms with Crippen LogP contribution in [0.4, 0.5) is 14.9 Å². The van der Waals surface area contributed by atoms with Crippen LogP contribution in [0.5, 0.6) is 0 Å². The molecule has 5 nitrogen and oxygen atoms in total. The van der Waals surface area contributed by atoms with Gasteiger partial charge in [0.2, 0.25) is 0 Å². The number of halogens is 1. The first-order valence-electron chi connectivity index (χ1n) is 6.24. The Labute approximate surface area is 117 Å². The Morgan fingerprint density at radius 1 is 1.30 bits per heavy atom. The van der Waals surface area contributed by atoms with E-state index in [0.29, 0.717) is 12.1 Å². The number of rotatable bonds is 5. The summed E-state index contributed by atoms with van der Waals surface area (Å²) in [6.45, 7) is 3.51. The highest BCUT2D eigenvalue weighted by molar-refractivity contribution is 5.91. The van der Waals surface area contributed by atoms with Crippen molar-refractivity contribution >= 4 is 17.7 Å². The molecule has 0 aromatic heterocycles. The molecule has 0 saturated carbocycles. The molecule has 20 heavy (non-hydrogen) atoms. The number of carboxylic acid groups (broad SMARTS) is 1. The molecule has 1 rings (SSSR count). The van der Waals surface area contributed by atoms with Crippen LogP contribution in [0.15, 0.2) is 24.3 Å². The van der Waals surface area contributed by atoms with Crippen LogP contribution < -0.4 is 10.2 Å². The summed E-state index contributed by atoms with van der Waals surface area (Å²) in [4.78, 5) is 24.0. The molecular weight excluding hydrogens is 263 g/mol. The average molecular weight is 282 g/mol. The highest BCUT2D eigenvalue weighted by atomic mass is 19.1. The third-order valence-corrected chi connectivity index (χ3v) is 2.93. The molecule has 2 amide bonds. The first-order valence-corrected chi connectivity index (χ1v) is 6.24. The molecule has 110 valence electrons. The zero-order valence-corrected chi connectivity index (χ0v) is 11.8. The zero-order chi connectivity index (χ0) is 15.3. The Kier molecular flexibility index (Phi) is 5.07. The predicted octanol–water partition coefficient (Wildman–Crippen LogP) is 2.61. The quantitative estimate of drug-likeness (QED) is 0.872. The van der Waals surface area contributed by atoms with E-state index in [9.17, 15) is 14.0 Å². The molecule has 1 aromatic carbocycles. The van der Waals surface area contributed by atoms with Crippen molar-refractivity contribution in [2.24, 2.45) is 0 Å². The van der Waals surface area contributed by atoms with Gasteiger partial charge in [-0.15, -0.1) is 0 Å².